The van der Waals surface area contributed by atoms with E-state index in [0.29, 0.717) is 23.9 Å². The van der Waals surface area contributed by atoms with Gasteiger partial charge in [0.15, 0.2) is 6.10 Å². The van der Waals surface area contributed by atoms with Crippen LogP contribution in [0.3, 0.4) is 0 Å². The van der Waals surface area contributed by atoms with E-state index >= 15 is 0 Å². The number of likely N-dealkylation sites (N-methyl/N-ethyl adjacent to an activating group) is 1. The normalized spacial score (nSPS) is 14.0. The molecule has 2 unspecified atom stereocenters. The zero-order chi connectivity index (χ0) is 69.0. The van der Waals surface area contributed by atoms with E-state index in [0.717, 1.165) is 173 Å². The van der Waals surface area contributed by atoms with Crippen molar-refractivity contribution >= 4 is 17.9 Å². The highest BCUT2D eigenvalue weighted by atomic mass is 16.7. The number of unbranched alkanes of at least 4 members (excludes halogenated alkanes) is 14. The van der Waals surface area contributed by atoms with Gasteiger partial charge in [-0.15, -0.1) is 0 Å². The molecule has 0 aromatic rings. The number of carboxylic acids is 1. The lowest BCUT2D eigenvalue weighted by molar-refractivity contribution is -0.870. The summed E-state index contributed by atoms with van der Waals surface area (Å²) in [6, 6.07) is 0. The number of carbonyl (C=O) groups is 3. The molecule has 0 radical (unpaired) electrons. The van der Waals surface area contributed by atoms with Gasteiger partial charge in [-0.05, 0) is 154 Å². The summed E-state index contributed by atoms with van der Waals surface area (Å²) in [6.45, 7) is 4.59. The van der Waals surface area contributed by atoms with Gasteiger partial charge in [0.05, 0.1) is 34.4 Å². The molecule has 0 heterocycles. The van der Waals surface area contributed by atoms with Crippen LogP contribution in [0, 0.1) is 0 Å². The Bertz CT molecular complexity index is 2370. The fourth-order valence-electron chi connectivity index (χ4n) is 9.17. The van der Waals surface area contributed by atoms with E-state index < -0.39 is 24.3 Å². The zero-order valence-electron chi connectivity index (χ0n) is 60.5. The number of esters is 2. The highest BCUT2D eigenvalue weighted by molar-refractivity contribution is 5.71. The molecular formula is C86H134NO8+. The third-order valence-electron chi connectivity index (χ3n) is 14.7. The number of carbonyl (C=O) groups excluding carboxylic acids is 2. The maximum atomic E-state index is 13.0. The van der Waals surface area contributed by atoms with E-state index in [1.54, 1.807) is 0 Å². The number of allylic oxidation sites excluding steroid dienone is 36. The molecule has 0 saturated carbocycles. The van der Waals surface area contributed by atoms with Gasteiger partial charge >= 0.3 is 17.9 Å². The number of rotatable bonds is 65. The number of hydrogen-bond donors (Lipinski definition) is 1. The van der Waals surface area contributed by atoms with Gasteiger partial charge in [0.2, 0.25) is 0 Å². The molecule has 9 nitrogen and oxygen atoms in total. The molecule has 0 aromatic carbocycles. The van der Waals surface area contributed by atoms with Crippen LogP contribution in [0.15, 0.2) is 219 Å². The van der Waals surface area contributed by atoms with E-state index in [-0.39, 0.29) is 38.6 Å². The summed E-state index contributed by atoms with van der Waals surface area (Å²) < 4.78 is 23.0. The quantitative estimate of drug-likeness (QED) is 0.0211. The van der Waals surface area contributed by atoms with Crippen LogP contribution in [-0.4, -0.2) is 87.4 Å². The molecule has 0 fully saturated rings. The second-order valence-electron chi connectivity index (χ2n) is 24.8. The van der Waals surface area contributed by atoms with Crippen LogP contribution in [0.1, 0.15) is 245 Å². The average Bonchev–Trinajstić information content (AvgIpc) is 3.75. The summed E-state index contributed by atoms with van der Waals surface area (Å²) in [6.07, 6.45) is 113. The highest BCUT2D eigenvalue weighted by Crippen LogP contribution is 2.15. The second-order valence-corrected chi connectivity index (χ2v) is 24.8. The van der Waals surface area contributed by atoms with Gasteiger partial charge in [0.25, 0.3) is 6.29 Å². The van der Waals surface area contributed by atoms with Gasteiger partial charge in [-0.25, -0.2) is 4.79 Å². The molecule has 0 rings (SSSR count). The van der Waals surface area contributed by atoms with E-state index in [9.17, 15) is 19.5 Å². The Hall–Kier alpha value is -6.39. The Kier molecular flexibility index (Phi) is 68.5. The fraction of sp³-hybridized carbons (Fsp3) is 0.547. The number of nitrogens with zero attached hydrogens (tertiary/aromatic N) is 1. The molecule has 530 valence electrons. The van der Waals surface area contributed by atoms with Crippen molar-refractivity contribution < 1.29 is 42.9 Å². The molecule has 2 atom stereocenters. The van der Waals surface area contributed by atoms with Crippen molar-refractivity contribution in [3.05, 3.63) is 219 Å². The standard InChI is InChI=1S/C86H133NO8/c1-6-8-10-12-14-16-18-20-22-24-26-28-30-32-34-36-38-40-41-42-43-45-47-49-51-53-55-57-59-61-63-65-67-69-71-73-75-77-84(89)95-82(81-94-86(85(90)91)92-79-78-87(3,4)5)80-93-83(88)76-74-72-70-68-66-64-62-60-58-56-54-52-50-48-46-44-39-37-35-33-31-29-27-25-23-21-19-17-15-13-11-9-7-2/h8-11,14-17,20-23,26-29,32-35,38-40,42-44,47-50,53-56,60,62,82,86H,6-7,12-13,18-19,24-25,30-31,36-37,41,45-46,51-52,57-59,61,63-81H2,1-5H3/p+1/b10-8-,11-9-,16-14-,17-15-,22-20-,23-21-,28-26-,29-27-,34-32-,35-33-,40-38-,43-42-,44-39-,49-47-,50-48-,55-53-,56-54-,62-60-. The lowest BCUT2D eigenvalue weighted by atomic mass is 10.1. The van der Waals surface area contributed by atoms with Crippen molar-refractivity contribution in [1.29, 1.82) is 0 Å². The maximum absolute atomic E-state index is 13.0. The number of carboxylic acid groups (broad SMARTS) is 1. The third kappa shape index (κ3) is 74.9. The van der Waals surface area contributed by atoms with E-state index in [4.69, 9.17) is 18.9 Å². The lowest BCUT2D eigenvalue weighted by Crippen LogP contribution is -2.40. The molecule has 0 aliphatic heterocycles. The first-order chi connectivity index (χ1) is 46.6. The van der Waals surface area contributed by atoms with E-state index in [1.807, 2.05) is 21.1 Å². The van der Waals surface area contributed by atoms with E-state index in [2.05, 4.69) is 233 Å². The second kappa shape index (κ2) is 73.4. The summed E-state index contributed by atoms with van der Waals surface area (Å²) >= 11 is 0. The molecule has 95 heavy (non-hydrogen) atoms. The lowest BCUT2D eigenvalue weighted by Gasteiger charge is -2.25. The van der Waals surface area contributed by atoms with Crippen molar-refractivity contribution in [2.75, 3.05) is 47.5 Å². The molecule has 0 aliphatic carbocycles. The Morgan fingerprint density at radius 3 is 0.842 bits per heavy atom. The molecule has 0 aromatic heterocycles. The Morgan fingerprint density at radius 1 is 0.316 bits per heavy atom. The number of ether oxygens (including phenoxy) is 4. The summed E-state index contributed by atoms with van der Waals surface area (Å²) in [5.41, 5.74) is 0. The van der Waals surface area contributed by atoms with Crippen LogP contribution >= 0.6 is 0 Å². The first-order valence-electron chi connectivity index (χ1n) is 36.9. The maximum Gasteiger partial charge on any atom is 0.361 e. The monoisotopic (exact) mass is 1310 g/mol. The van der Waals surface area contributed by atoms with E-state index in [1.165, 1.54) is 32.1 Å². The summed E-state index contributed by atoms with van der Waals surface area (Å²) in [4.78, 5) is 37.7. The van der Waals surface area contributed by atoms with Gasteiger partial charge in [-0.3, -0.25) is 9.59 Å². The molecule has 0 aliphatic rings. The van der Waals surface area contributed by atoms with Crippen molar-refractivity contribution in [3.63, 3.8) is 0 Å². The van der Waals surface area contributed by atoms with Gasteiger partial charge in [0.1, 0.15) is 13.2 Å². The van der Waals surface area contributed by atoms with Crippen molar-refractivity contribution in [2.24, 2.45) is 0 Å². The number of quaternary nitrogens is 1. The van der Waals surface area contributed by atoms with Gasteiger partial charge in [-0.2, -0.15) is 0 Å². The largest absolute Gasteiger partial charge is 0.477 e. The molecule has 0 saturated heterocycles. The minimum atomic E-state index is -1.53. The van der Waals surface area contributed by atoms with Gasteiger partial charge < -0.3 is 28.5 Å². The topological polar surface area (TPSA) is 108 Å². The van der Waals surface area contributed by atoms with Crippen LogP contribution in [0.5, 0.6) is 0 Å². The minimum absolute atomic E-state index is 0.171. The Labute approximate surface area is 581 Å². The molecular weight excluding hydrogens is 1170 g/mol. The van der Waals surface area contributed by atoms with Crippen molar-refractivity contribution in [2.45, 2.75) is 257 Å². The van der Waals surface area contributed by atoms with Crippen LogP contribution < -0.4 is 0 Å². The summed E-state index contributed by atoms with van der Waals surface area (Å²) in [5, 5.41) is 9.76. The number of aliphatic carboxylic acids is 1. The molecule has 1 N–H and O–H groups in total. The first kappa shape index (κ1) is 88.6. The van der Waals surface area contributed by atoms with Crippen LogP contribution in [0.2, 0.25) is 0 Å². The number of hydrogen-bond acceptors (Lipinski definition) is 7. The van der Waals surface area contributed by atoms with Crippen LogP contribution in [-0.2, 0) is 33.3 Å². The predicted molar refractivity (Wildman–Crippen MR) is 409 cm³/mol. The molecule has 0 amide bonds. The zero-order valence-corrected chi connectivity index (χ0v) is 60.5. The Balaban J connectivity index is 4.25. The SMILES string of the molecule is CC/C=C\C/C=C\C/C=C\C/C=C\C/C=C\C/C=C\C/C=C\C/C=C\C/C=C\CCCCCCCCCCCC(=O)OC(COC(=O)CCCCCCC/C=C\C/C=C\C/C=C\C/C=C\C/C=C\C/C=C\C/C=C\C/C=C\C/C=C\CC)COC(OCC[N+](C)(C)C)C(=O)O. The summed E-state index contributed by atoms with van der Waals surface area (Å²) in [5.74, 6) is -2.06. The minimum Gasteiger partial charge on any atom is -0.477 e. The fourth-order valence-corrected chi connectivity index (χ4v) is 9.17. The highest BCUT2D eigenvalue weighted by Gasteiger charge is 2.25. The Morgan fingerprint density at radius 2 is 0.568 bits per heavy atom. The van der Waals surface area contributed by atoms with Gasteiger partial charge in [-0.1, -0.05) is 297 Å². The van der Waals surface area contributed by atoms with Crippen molar-refractivity contribution in [3.8, 4) is 0 Å². The molecule has 9 heteroatoms. The van der Waals surface area contributed by atoms with Crippen molar-refractivity contribution in [1.82, 2.24) is 0 Å². The third-order valence-corrected chi connectivity index (χ3v) is 14.7. The van der Waals surface area contributed by atoms with Crippen LogP contribution in [0.25, 0.3) is 0 Å². The molecule has 0 bridgehead atoms. The van der Waals surface area contributed by atoms with Crippen LogP contribution in [0.4, 0.5) is 0 Å². The summed E-state index contributed by atoms with van der Waals surface area (Å²) in [7, 11) is 5.95. The predicted octanol–water partition coefficient (Wildman–Crippen LogP) is 23.7. The molecule has 0 spiro atoms. The van der Waals surface area contributed by atoms with Gasteiger partial charge in [0, 0.05) is 12.8 Å². The smallest absolute Gasteiger partial charge is 0.361 e. The first-order valence-corrected chi connectivity index (χ1v) is 36.9. The average molecular weight is 1310 g/mol.